The molecule has 158 valence electrons. The van der Waals surface area contributed by atoms with Crippen LogP contribution < -0.4 is 4.74 Å². The molecule has 1 nitrogen and oxygen atoms in total. The normalized spacial score (nSPS) is 11.2. The summed E-state index contributed by atoms with van der Waals surface area (Å²) in [6.45, 7) is 13.1. The molecule has 0 heterocycles. The van der Waals surface area contributed by atoms with Crippen molar-refractivity contribution in [3.05, 3.63) is 105 Å². The van der Waals surface area contributed by atoms with E-state index in [1.807, 2.05) is 6.07 Å². The zero-order valence-electron chi connectivity index (χ0n) is 19.6. The summed E-state index contributed by atoms with van der Waals surface area (Å²) in [6, 6.07) is 21.8. The van der Waals surface area contributed by atoms with E-state index in [9.17, 15) is 0 Å². The third kappa shape index (κ3) is 4.37. The van der Waals surface area contributed by atoms with Crippen LogP contribution in [-0.4, -0.2) is 0 Å². The molecular weight excluding hydrogens is 376 g/mol. The molecule has 31 heavy (non-hydrogen) atoms. The van der Waals surface area contributed by atoms with Gasteiger partial charge in [0.1, 0.15) is 11.5 Å². The number of ether oxygens (including phenoxy) is 1. The van der Waals surface area contributed by atoms with Crippen LogP contribution in [0.1, 0.15) is 44.5 Å². The molecule has 4 rings (SSSR count). The molecule has 0 aromatic heterocycles. The first-order valence-corrected chi connectivity index (χ1v) is 11.2. The highest BCUT2D eigenvalue weighted by molar-refractivity contribution is 5.93. The molecule has 0 unspecified atom stereocenters. The SMILES string of the molecule is Cc1ccc(Oc2ccc(C)c(CCc3ccc(C)c4c(C)ccc(C)c34)c2)cc1C. The van der Waals surface area contributed by atoms with E-state index in [0.717, 1.165) is 24.3 Å². The average molecular weight is 409 g/mol. The standard InChI is InChI=1S/C30H32O/c1-19-10-15-27(17-24(19)6)31-28-16-11-20(2)26(18-28)14-13-25-12-9-22(4)29-21(3)7-8-23(5)30(25)29/h7-12,15-18H,13-14H2,1-6H3. The lowest BCUT2D eigenvalue weighted by Crippen LogP contribution is -1.98. The Balaban J connectivity index is 1.61. The fourth-order valence-corrected chi connectivity index (χ4v) is 4.50. The van der Waals surface area contributed by atoms with Gasteiger partial charge in [0.15, 0.2) is 0 Å². The van der Waals surface area contributed by atoms with E-state index in [-0.39, 0.29) is 0 Å². The van der Waals surface area contributed by atoms with Crippen molar-refractivity contribution >= 4 is 10.8 Å². The van der Waals surface area contributed by atoms with Crippen molar-refractivity contribution in [3.8, 4) is 11.5 Å². The fraction of sp³-hybridized carbons (Fsp3) is 0.267. The van der Waals surface area contributed by atoms with Crippen molar-refractivity contribution in [2.75, 3.05) is 0 Å². The molecule has 1 heteroatoms. The summed E-state index contributed by atoms with van der Waals surface area (Å²) in [5, 5.41) is 2.85. The first-order chi connectivity index (χ1) is 14.8. The molecule has 4 aromatic carbocycles. The van der Waals surface area contributed by atoms with Crippen molar-refractivity contribution in [1.82, 2.24) is 0 Å². The molecular formula is C30H32O. The lowest BCUT2D eigenvalue weighted by atomic mass is 9.90. The van der Waals surface area contributed by atoms with Crippen molar-refractivity contribution in [3.63, 3.8) is 0 Å². The second-order valence-corrected chi connectivity index (χ2v) is 8.93. The predicted molar refractivity (Wildman–Crippen MR) is 133 cm³/mol. The van der Waals surface area contributed by atoms with Crippen LogP contribution in [0.2, 0.25) is 0 Å². The van der Waals surface area contributed by atoms with E-state index in [1.165, 1.54) is 55.3 Å². The number of hydrogen-bond donors (Lipinski definition) is 0. The molecule has 0 aliphatic heterocycles. The van der Waals surface area contributed by atoms with Gasteiger partial charge in [0, 0.05) is 0 Å². The third-order valence-corrected chi connectivity index (χ3v) is 6.57. The quantitative estimate of drug-likeness (QED) is 0.323. The highest BCUT2D eigenvalue weighted by atomic mass is 16.5. The highest BCUT2D eigenvalue weighted by Crippen LogP contribution is 2.31. The van der Waals surface area contributed by atoms with Crippen LogP contribution in [0.15, 0.2) is 60.7 Å². The van der Waals surface area contributed by atoms with Crippen LogP contribution >= 0.6 is 0 Å². The first-order valence-electron chi connectivity index (χ1n) is 11.2. The van der Waals surface area contributed by atoms with E-state index in [2.05, 4.69) is 96.1 Å². The molecule has 0 spiro atoms. The maximum atomic E-state index is 6.18. The van der Waals surface area contributed by atoms with Crippen molar-refractivity contribution < 1.29 is 4.74 Å². The van der Waals surface area contributed by atoms with Crippen LogP contribution in [0, 0.1) is 41.5 Å². The largest absolute Gasteiger partial charge is 0.457 e. The van der Waals surface area contributed by atoms with Crippen LogP contribution in [0.25, 0.3) is 10.8 Å². The Bertz CT molecular complexity index is 1260. The third-order valence-electron chi connectivity index (χ3n) is 6.57. The van der Waals surface area contributed by atoms with E-state index >= 15 is 0 Å². The molecule has 0 radical (unpaired) electrons. The second-order valence-electron chi connectivity index (χ2n) is 8.93. The lowest BCUT2D eigenvalue weighted by Gasteiger charge is -2.15. The molecule has 0 amide bonds. The van der Waals surface area contributed by atoms with Gasteiger partial charge in [-0.15, -0.1) is 0 Å². The lowest BCUT2D eigenvalue weighted by molar-refractivity contribution is 0.481. The zero-order valence-corrected chi connectivity index (χ0v) is 19.6. The van der Waals surface area contributed by atoms with E-state index in [4.69, 9.17) is 4.74 Å². The summed E-state index contributed by atoms with van der Waals surface area (Å²) >= 11 is 0. The van der Waals surface area contributed by atoms with E-state index in [1.54, 1.807) is 0 Å². The van der Waals surface area contributed by atoms with Gasteiger partial charge in [-0.05, 0) is 134 Å². The molecule has 0 atom stereocenters. The number of rotatable bonds is 5. The van der Waals surface area contributed by atoms with Crippen molar-refractivity contribution in [2.45, 2.75) is 54.4 Å². The molecule has 4 aromatic rings. The van der Waals surface area contributed by atoms with Gasteiger partial charge in [0.05, 0.1) is 0 Å². The van der Waals surface area contributed by atoms with E-state index < -0.39 is 0 Å². The van der Waals surface area contributed by atoms with Gasteiger partial charge in [0.2, 0.25) is 0 Å². The second kappa shape index (κ2) is 8.59. The number of hydrogen-bond acceptors (Lipinski definition) is 1. The van der Waals surface area contributed by atoms with Crippen molar-refractivity contribution in [1.29, 1.82) is 0 Å². The molecule has 0 bridgehead atoms. The Morgan fingerprint density at radius 3 is 1.65 bits per heavy atom. The molecule has 0 aliphatic carbocycles. The van der Waals surface area contributed by atoms with Gasteiger partial charge in [-0.25, -0.2) is 0 Å². The highest BCUT2D eigenvalue weighted by Gasteiger charge is 2.10. The van der Waals surface area contributed by atoms with Gasteiger partial charge < -0.3 is 4.74 Å². The Labute approximate surface area is 186 Å². The molecule has 0 saturated carbocycles. The number of fused-ring (bicyclic) bond motifs is 1. The molecule has 0 N–H and O–H groups in total. The molecule has 0 fully saturated rings. The molecule has 0 saturated heterocycles. The van der Waals surface area contributed by atoms with Gasteiger partial charge in [-0.1, -0.05) is 36.4 Å². The zero-order chi connectivity index (χ0) is 22.1. The minimum Gasteiger partial charge on any atom is -0.457 e. The monoisotopic (exact) mass is 408 g/mol. The summed E-state index contributed by atoms with van der Waals surface area (Å²) in [5.74, 6) is 1.80. The summed E-state index contributed by atoms with van der Waals surface area (Å²) in [6.07, 6.45) is 2.02. The van der Waals surface area contributed by atoms with Crippen LogP contribution in [0.4, 0.5) is 0 Å². The topological polar surface area (TPSA) is 9.23 Å². The Kier molecular flexibility index (Phi) is 5.87. The van der Waals surface area contributed by atoms with Gasteiger partial charge in [-0.3, -0.25) is 0 Å². The number of benzene rings is 4. The smallest absolute Gasteiger partial charge is 0.127 e. The average Bonchev–Trinajstić information content (AvgIpc) is 2.74. The first kappa shape index (κ1) is 21.2. The summed E-state index contributed by atoms with van der Waals surface area (Å²) < 4.78 is 6.18. The van der Waals surface area contributed by atoms with Gasteiger partial charge in [0.25, 0.3) is 0 Å². The van der Waals surface area contributed by atoms with Crippen LogP contribution in [-0.2, 0) is 12.8 Å². The summed E-state index contributed by atoms with van der Waals surface area (Å²) in [4.78, 5) is 0. The van der Waals surface area contributed by atoms with E-state index in [0.29, 0.717) is 0 Å². The van der Waals surface area contributed by atoms with Gasteiger partial charge >= 0.3 is 0 Å². The number of aryl methyl sites for hydroxylation is 8. The predicted octanol–water partition coefficient (Wildman–Crippen LogP) is 8.27. The fourth-order valence-electron chi connectivity index (χ4n) is 4.50. The van der Waals surface area contributed by atoms with Crippen molar-refractivity contribution in [2.24, 2.45) is 0 Å². The minimum atomic E-state index is 0.897. The van der Waals surface area contributed by atoms with Crippen LogP contribution in [0.3, 0.4) is 0 Å². The van der Waals surface area contributed by atoms with Gasteiger partial charge in [-0.2, -0.15) is 0 Å². The summed E-state index contributed by atoms with van der Waals surface area (Å²) in [7, 11) is 0. The Morgan fingerprint density at radius 2 is 0.968 bits per heavy atom. The van der Waals surface area contributed by atoms with Crippen LogP contribution in [0.5, 0.6) is 11.5 Å². The maximum Gasteiger partial charge on any atom is 0.127 e. The minimum absolute atomic E-state index is 0.897. The Hall–Kier alpha value is -3.06. The Morgan fingerprint density at radius 1 is 0.452 bits per heavy atom. The maximum absolute atomic E-state index is 6.18. The molecule has 0 aliphatic rings. The summed E-state index contributed by atoms with van der Waals surface area (Å²) in [5.41, 5.74) is 10.7.